The number of benzene rings is 2. The lowest BCUT2D eigenvalue weighted by Crippen LogP contribution is -2.27. The van der Waals surface area contributed by atoms with Gasteiger partial charge in [-0.3, -0.25) is 4.79 Å². The second-order valence-electron chi connectivity index (χ2n) is 9.53. The minimum atomic E-state index is -0.164. The molecular formula is C26H25ClI2N2O2S. The number of phenols is 1. The van der Waals surface area contributed by atoms with E-state index in [-0.39, 0.29) is 17.1 Å². The molecule has 0 unspecified atom stereocenters. The molecule has 1 amide bonds. The summed E-state index contributed by atoms with van der Waals surface area (Å²) in [5.74, 6) is 0.595. The third-order valence-electron chi connectivity index (χ3n) is 6.18. The molecule has 0 fully saturated rings. The van der Waals surface area contributed by atoms with Gasteiger partial charge in [0.2, 0.25) is 0 Å². The minimum absolute atomic E-state index is 0.164. The molecule has 8 heteroatoms. The van der Waals surface area contributed by atoms with Gasteiger partial charge < -0.3 is 10.4 Å². The van der Waals surface area contributed by atoms with E-state index in [1.807, 2.05) is 12.1 Å². The van der Waals surface area contributed by atoms with Gasteiger partial charge in [-0.15, -0.1) is 11.3 Å². The van der Waals surface area contributed by atoms with Gasteiger partial charge >= 0.3 is 0 Å². The number of fused-ring (bicyclic) bond motifs is 1. The fourth-order valence-corrected chi connectivity index (χ4v) is 7.46. The number of thiophene rings is 1. The van der Waals surface area contributed by atoms with Gasteiger partial charge in [-0.25, -0.2) is 4.99 Å². The highest BCUT2D eigenvalue weighted by Crippen LogP contribution is 2.45. The quantitative estimate of drug-likeness (QED) is 0.210. The number of rotatable bonds is 4. The molecular weight excluding hydrogens is 694 g/mol. The molecule has 1 aromatic heterocycles. The van der Waals surface area contributed by atoms with E-state index < -0.39 is 0 Å². The van der Waals surface area contributed by atoms with Crippen LogP contribution >= 0.6 is 68.1 Å². The van der Waals surface area contributed by atoms with Crippen LogP contribution in [0.3, 0.4) is 0 Å². The second kappa shape index (κ2) is 10.4. The summed E-state index contributed by atoms with van der Waals surface area (Å²) < 4.78 is 1.78. The van der Waals surface area contributed by atoms with Crippen LogP contribution < -0.4 is 5.32 Å². The van der Waals surface area contributed by atoms with Crippen LogP contribution in [0.5, 0.6) is 5.75 Å². The number of aromatic hydroxyl groups is 1. The lowest BCUT2D eigenvalue weighted by molar-refractivity contribution is 0.102. The van der Waals surface area contributed by atoms with Gasteiger partial charge in [0.1, 0.15) is 10.8 Å². The Kier molecular flexibility index (Phi) is 7.96. The molecule has 3 aromatic rings. The van der Waals surface area contributed by atoms with Crippen molar-refractivity contribution in [2.45, 2.75) is 40.0 Å². The van der Waals surface area contributed by atoms with E-state index in [1.54, 1.807) is 41.8 Å². The summed E-state index contributed by atoms with van der Waals surface area (Å²) in [4.78, 5) is 19.4. The number of phenolic OH excluding ortho intramolecular Hbond substituents is 1. The van der Waals surface area contributed by atoms with Gasteiger partial charge in [-0.1, -0.05) is 32.4 Å². The smallest absolute Gasteiger partial charge is 0.259 e. The number of anilines is 1. The van der Waals surface area contributed by atoms with Gasteiger partial charge in [0.05, 0.1) is 9.13 Å². The van der Waals surface area contributed by atoms with Crippen molar-refractivity contribution in [2.75, 3.05) is 5.32 Å². The van der Waals surface area contributed by atoms with Gasteiger partial charge in [0.25, 0.3) is 5.91 Å². The van der Waals surface area contributed by atoms with Crippen molar-refractivity contribution in [2.24, 2.45) is 16.3 Å². The fourth-order valence-electron chi connectivity index (χ4n) is 4.18. The van der Waals surface area contributed by atoms with E-state index in [1.165, 1.54) is 4.88 Å². The predicted molar refractivity (Wildman–Crippen MR) is 159 cm³/mol. The van der Waals surface area contributed by atoms with Crippen LogP contribution in [0.2, 0.25) is 5.02 Å². The van der Waals surface area contributed by atoms with Crippen LogP contribution in [-0.4, -0.2) is 17.2 Å². The van der Waals surface area contributed by atoms with E-state index in [0.29, 0.717) is 32.8 Å². The molecule has 1 aliphatic carbocycles. The molecule has 178 valence electrons. The van der Waals surface area contributed by atoms with Gasteiger partial charge in [0, 0.05) is 30.9 Å². The van der Waals surface area contributed by atoms with E-state index >= 15 is 0 Å². The Morgan fingerprint density at radius 2 is 1.94 bits per heavy atom. The van der Waals surface area contributed by atoms with Crippen LogP contribution in [0.1, 0.15) is 53.6 Å². The topological polar surface area (TPSA) is 61.7 Å². The average Bonchev–Trinajstić information content (AvgIpc) is 3.14. The lowest BCUT2D eigenvalue weighted by atomic mass is 9.72. The molecule has 0 spiro atoms. The Hall–Kier alpha value is -1.17. The van der Waals surface area contributed by atoms with Gasteiger partial charge in [0.15, 0.2) is 0 Å². The third-order valence-corrected chi connectivity index (χ3v) is 9.04. The molecule has 4 nitrogen and oxygen atoms in total. The first kappa shape index (κ1) is 25.9. The first-order chi connectivity index (χ1) is 16.0. The number of amides is 1. The van der Waals surface area contributed by atoms with E-state index in [0.717, 1.165) is 32.0 Å². The lowest BCUT2D eigenvalue weighted by Gasteiger charge is -2.33. The average molecular weight is 719 g/mol. The number of halogens is 3. The maximum absolute atomic E-state index is 13.5. The van der Waals surface area contributed by atoms with Crippen LogP contribution in [-0.2, 0) is 12.8 Å². The number of hydrogen-bond donors (Lipinski definition) is 2. The largest absolute Gasteiger partial charge is 0.506 e. The van der Waals surface area contributed by atoms with Crippen molar-refractivity contribution in [3.05, 3.63) is 70.1 Å². The summed E-state index contributed by atoms with van der Waals surface area (Å²) in [6.45, 7) is 6.85. The number of carbonyl (C=O) groups excluding carboxylic acids is 1. The SMILES string of the molecule is CC(C)(C)[C@H]1CCc2c(sc(N=Cc3cc(I)cc(I)c3O)c2C(=O)Nc2ccc(Cl)cc2)C1. The van der Waals surface area contributed by atoms with Crippen molar-refractivity contribution in [1.29, 1.82) is 0 Å². The summed E-state index contributed by atoms with van der Waals surface area (Å²) in [6, 6.07) is 10.9. The van der Waals surface area contributed by atoms with Crippen molar-refractivity contribution in [3.63, 3.8) is 0 Å². The highest BCUT2D eigenvalue weighted by Gasteiger charge is 2.33. The Morgan fingerprint density at radius 3 is 2.62 bits per heavy atom. The summed E-state index contributed by atoms with van der Waals surface area (Å²) >= 11 is 11.9. The molecule has 1 aliphatic rings. The summed E-state index contributed by atoms with van der Waals surface area (Å²) in [5, 5.41) is 14.8. The molecule has 2 N–H and O–H groups in total. The van der Waals surface area contributed by atoms with Crippen LogP contribution in [0.25, 0.3) is 0 Å². The van der Waals surface area contributed by atoms with E-state index in [2.05, 4.69) is 71.3 Å². The maximum atomic E-state index is 13.5. The molecule has 34 heavy (non-hydrogen) atoms. The standard InChI is InChI=1S/C26H25ClI2N2O2S/c1-26(2,3)15-4-9-19-21(11-15)34-25(30-13-14-10-17(28)12-20(29)23(14)32)22(19)24(33)31-18-7-5-16(27)6-8-18/h5-8,10,12-13,15,32H,4,9,11H2,1-3H3,(H,31,33)/t15-/m0/s1. The molecule has 0 radical (unpaired) electrons. The molecule has 2 aromatic carbocycles. The number of hydrogen-bond acceptors (Lipinski definition) is 4. The molecule has 1 atom stereocenters. The fraction of sp³-hybridized carbons (Fsp3) is 0.308. The van der Waals surface area contributed by atoms with Crippen LogP contribution in [0.15, 0.2) is 41.4 Å². The first-order valence-electron chi connectivity index (χ1n) is 11.0. The van der Waals surface area contributed by atoms with Crippen LogP contribution in [0, 0.1) is 18.5 Å². The zero-order valence-electron chi connectivity index (χ0n) is 19.1. The zero-order chi connectivity index (χ0) is 24.6. The third kappa shape index (κ3) is 5.79. The predicted octanol–water partition coefficient (Wildman–Crippen LogP) is 8.47. The highest BCUT2D eigenvalue weighted by molar-refractivity contribution is 14.1. The number of nitrogens with zero attached hydrogens (tertiary/aromatic N) is 1. The Morgan fingerprint density at radius 1 is 1.24 bits per heavy atom. The summed E-state index contributed by atoms with van der Waals surface area (Å²) in [5.41, 5.74) is 3.28. The van der Waals surface area contributed by atoms with Gasteiger partial charge in [-0.2, -0.15) is 0 Å². The van der Waals surface area contributed by atoms with Gasteiger partial charge in [-0.05, 0) is 118 Å². The van der Waals surface area contributed by atoms with Crippen molar-refractivity contribution in [1.82, 2.24) is 0 Å². The second-order valence-corrected chi connectivity index (χ2v) is 13.5. The Bertz CT molecular complexity index is 1260. The van der Waals surface area contributed by atoms with E-state index in [4.69, 9.17) is 16.6 Å². The molecule has 0 saturated heterocycles. The van der Waals surface area contributed by atoms with Crippen molar-refractivity contribution in [3.8, 4) is 5.75 Å². The summed E-state index contributed by atoms with van der Waals surface area (Å²) in [6.07, 6.45) is 4.52. The Labute approximate surface area is 236 Å². The normalized spacial score (nSPS) is 16.0. The highest BCUT2D eigenvalue weighted by atomic mass is 127. The molecule has 0 saturated carbocycles. The molecule has 4 rings (SSSR count). The molecule has 0 aliphatic heterocycles. The number of aliphatic imine (C=N–C) groups is 1. The number of carbonyl (C=O) groups is 1. The van der Waals surface area contributed by atoms with E-state index in [9.17, 15) is 9.90 Å². The monoisotopic (exact) mass is 718 g/mol. The summed E-state index contributed by atoms with van der Waals surface area (Å²) in [7, 11) is 0. The minimum Gasteiger partial charge on any atom is -0.506 e. The van der Waals surface area contributed by atoms with Crippen molar-refractivity contribution >= 4 is 90.9 Å². The first-order valence-corrected chi connectivity index (χ1v) is 14.3. The number of nitrogens with one attached hydrogen (secondary N) is 1. The van der Waals surface area contributed by atoms with Crippen LogP contribution in [0.4, 0.5) is 10.7 Å². The molecule has 1 heterocycles. The maximum Gasteiger partial charge on any atom is 0.259 e. The zero-order valence-corrected chi connectivity index (χ0v) is 25.0. The van der Waals surface area contributed by atoms with Crippen molar-refractivity contribution < 1.29 is 9.90 Å². The molecule has 0 bridgehead atoms. The Balaban J connectivity index is 1.73.